The van der Waals surface area contributed by atoms with Gasteiger partial charge in [-0.1, -0.05) is 26.2 Å². The molecule has 1 N–H and O–H groups in total. The summed E-state index contributed by atoms with van der Waals surface area (Å²) in [6.45, 7) is 3.51. The number of hydrogen-bond acceptors (Lipinski definition) is 3. The van der Waals surface area contributed by atoms with Gasteiger partial charge in [0, 0.05) is 19.1 Å². The fourth-order valence-corrected chi connectivity index (χ4v) is 2.55. The van der Waals surface area contributed by atoms with Crippen molar-refractivity contribution >= 4 is 5.91 Å². The second-order valence-corrected chi connectivity index (χ2v) is 5.18. The summed E-state index contributed by atoms with van der Waals surface area (Å²) >= 11 is 0. The molecular formula is C14H25N3O. The smallest absolute Gasteiger partial charge is 0.237 e. The van der Waals surface area contributed by atoms with Crippen LogP contribution in [0, 0.1) is 17.2 Å². The molecule has 18 heavy (non-hydrogen) atoms. The van der Waals surface area contributed by atoms with Crippen LogP contribution in [0.5, 0.6) is 0 Å². The Balaban J connectivity index is 2.20. The molecule has 0 aromatic heterocycles. The Morgan fingerprint density at radius 1 is 1.50 bits per heavy atom. The summed E-state index contributed by atoms with van der Waals surface area (Å²) in [5.74, 6) is -0.592. The fraction of sp³-hybridized carbons (Fsp3) is 0.857. The molecule has 1 aliphatic carbocycles. The number of nitriles is 1. The average Bonchev–Trinajstić information content (AvgIpc) is 2.89. The molecule has 1 unspecified atom stereocenters. The van der Waals surface area contributed by atoms with Crippen molar-refractivity contribution in [2.24, 2.45) is 5.92 Å². The third-order valence-corrected chi connectivity index (χ3v) is 3.76. The molecule has 1 saturated carbocycles. The Bertz CT molecular complexity index is 292. The Morgan fingerprint density at radius 3 is 2.72 bits per heavy atom. The fourth-order valence-electron chi connectivity index (χ4n) is 2.55. The monoisotopic (exact) mass is 251 g/mol. The standard InChI is InChI=1S/C14H25N3O/c1-3-6-12(11-15)14(18)16-9-10-17(2)13-7-4-5-8-13/h12-13H,3-10H2,1-2H3,(H,16,18). The van der Waals surface area contributed by atoms with Crippen molar-refractivity contribution in [3.05, 3.63) is 0 Å². The lowest BCUT2D eigenvalue weighted by Gasteiger charge is -2.24. The van der Waals surface area contributed by atoms with Gasteiger partial charge in [0.15, 0.2) is 0 Å². The lowest BCUT2D eigenvalue weighted by molar-refractivity contribution is -0.123. The van der Waals surface area contributed by atoms with E-state index >= 15 is 0 Å². The molecule has 1 atom stereocenters. The van der Waals surface area contributed by atoms with E-state index in [1.807, 2.05) is 6.92 Å². The summed E-state index contributed by atoms with van der Waals surface area (Å²) in [6.07, 6.45) is 6.74. The van der Waals surface area contributed by atoms with Gasteiger partial charge in [-0.3, -0.25) is 4.79 Å². The minimum Gasteiger partial charge on any atom is -0.354 e. The van der Waals surface area contributed by atoms with Gasteiger partial charge in [-0.25, -0.2) is 0 Å². The van der Waals surface area contributed by atoms with Gasteiger partial charge in [0.2, 0.25) is 5.91 Å². The van der Waals surface area contributed by atoms with E-state index in [-0.39, 0.29) is 5.91 Å². The predicted molar refractivity (Wildman–Crippen MR) is 71.9 cm³/mol. The van der Waals surface area contributed by atoms with Crippen molar-refractivity contribution in [1.29, 1.82) is 5.26 Å². The van der Waals surface area contributed by atoms with E-state index in [0.717, 1.165) is 13.0 Å². The molecule has 0 spiro atoms. The summed E-state index contributed by atoms with van der Waals surface area (Å²) in [5, 5.41) is 11.8. The number of carbonyl (C=O) groups excluding carboxylic acids is 1. The van der Waals surface area contributed by atoms with Crippen molar-refractivity contribution in [2.75, 3.05) is 20.1 Å². The molecule has 1 aliphatic rings. The zero-order valence-electron chi connectivity index (χ0n) is 11.6. The lowest BCUT2D eigenvalue weighted by atomic mass is 10.1. The van der Waals surface area contributed by atoms with Crippen molar-refractivity contribution in [3.8, 4) is 6.07 Å². The van der Waals surface area contributed by atoms with Crippen molar-refractivity contribution in [2.45, 2.75) is 51.5 Å². The van der Waals surface area contributed by atoms with Crippen LogP contribution < -0.4 is 5.32 Å². The Kier molecular flexibility index (Phi) is 6.74. The number of nitrogens with one attached hydrogen (secondary N) is 1. The Labute approximate surface area is 110 Å². The number of nitrogens with zero attached hydrogens (tertiary/aromatic N) is 2. The van der Waals surface area contributed by atoms with Crippen LogP contribution in [0.2, 0.25) is 0 Å². The van der Waals surface area contributed by atoms with E-state index in [1.54, 1.807) is 0 Å². The Hall–Kier alpha value is -1.08. The number of rotatable bonds is 7. The van der Waals surface area contributed by atoms with E-state index in [9.17, 15) is 4.79 Å². The van der Waals surface area contributed by atoms with Crippen LogP contribution in [-0.4, -0.2) is 37.0 Å². The number of amides is 1. The zero-order chi connectivity index (χ0) is 13.4. The Morgan fingerprint density at radius 2 is 2.17 bits per heavy atom. The maximum absolute atomic E-state index is 11.7. The highest BCUT2D eigenvalue weighted by atomic mass is 16.1. The highest BCUT2D eigenvalue weighted by molar-refractivity contribution is 5.80. The van der Waals surface area contributed by atoms with Crippen LogP contribution >= 0.6 is 0 Å². The molecular weight excluding hydrogens is 226 g/mol. The van der Waals surface area contributed by atoms with Gasteiger partial charge in [0.25, 0.3) is 0 Å². The quantitative estimate of drug-likeness (QED) is 0.752. The molecule has 0 bridgehead atoms. The molecule has 0 aromatic carbocycles. The molecule has 0 aromatic rings. The van der Waals surface area contributed by atoms with Crippen LogP contribution in [0.3, 0.4) is 0 Å². The minimum absolute atomic E-state index is 0.112. The maximum atomic E-state index is 11.7. The maximum Gasteiger partial charge on any atom is 0.237 e. The normalized spacial score (nSPS) is 17.7. The summed E-state index contributed by atoms with van der Waals surface area (Å²) in [7, 11) is 2.12. The SMILES string of the molecule is CCCC(C#N)C(=O)NCCN(C)C1CCCC1. The molecule has 1 amide bonds. The van der Waals surface area contributed by atoms with Crippen LogP contribution in [0.25, 0.3) is 0 Å². The molecule has 0 aliphatic heterocycles. The van der Waals surface area contributed by atoms with Crippen LogP contribution in [0.4, 0.5) is 0 Å². The first-order valence-corrected chi connectivity index (χ1v) is 7.06. The molecule has 1 rings (SSSR count). The lowest BCUT2D eigenvalue weighted by Crippen LogP contribution is -2.39. The summed E-state index contributed by atoms with van der Waals surface area (Å²) in [5.41, 5.74) is 0. The topological polar surface area (TPSA) is 56.1 Å². The van der Waals surface area contributed by atoms with Gasteiger partial charge in [-0.05, 0) is 26.3 Å². The highest BCUT2D eigenvalue weighted by Crippen LogP contribution is 2.21. The molecule has 1 fully saturated rings. The summed E-state index contributed by atoms with van der Waals surface area (Å²) < 4.78 is 0. The van der Waals surface area contributed by atoms with Crippen LogP contribution in [0.15, 0.2) is 0 Å². The van der Waals surface area contributed by atoms with E-state index in [0.29, 0.717) is 19.0 Å². The van der Waals surface area contributed by atoms with Gasteiger partial charge in [0.05, 0.1) is 6.07 Å². The first-order valence-electron chi connectivity index (χ1n) is 7.06. The van der Waals surface area contributed by atoms with Gasteiger partial charge in [-0.2, -0.15) is 5.26 Å². The first-order chi connectivity index (χ1) is 8.69. The molecule has 102 valence electrons. The predicted octanol–water partition coefficient (Wildman–Crippen LogP) is 1.92. The molecule has 0 radical (unpaired) electrons. The second kappa shape index (κ2) is 8.10. The number of carbonyl (C=O) groups is 1. The highest BCUT2D eigenvalue weighted by Gasteiger charge is 2.20. The number of likely N-dealkylation sites (N-methyl/N-ethyl adjacent to an activating group) is 1. The van der Waals surface area contributed by atoms with E-state index < -0.39 is 5.92 Å². The van der Waals surface area contributed by atoms with Crippen LogP contribution in [-0.2, 0) is 4.79 Å². The second-order valence-electron chi connectivity index (χ2n) is 5.18. The van der Waals surface area contributed by atoms with Gasteiger partial charge in [0.1, 0.15) is 5.92 Å². The van der Waals surface area contributed by atoms with Crippen molar-refractivity contribution in [1.82, 2.24) is 10.2 Å². The summed E-state index contributed by atoms with van der Waals surface area (Å²) in [4.78, 5) is 14.0. The third kappa shape index (κ3) is 4.66. The summed E-state index contributed by atoms with van der Waals surface area (Å²) in [6, 6.07) is 2.75. The average molecular weight is 251 g/mol. The van der Waals surface area contributed by atoms with Crippen molar-refractivity contribution in [3.63, 3.8) is 0 Å². The molecule has 4 nitrogen and oxygen atoms in total. The largest absolute Gasteiger partial charge is 0.354 e. The van der Waals surface area contributed by atoms with E-state index in [4.69, 9.17) is 5.26 Å². The van der Waals surface area contributed by atoms with Gasteiger partial charge >= 0.3 is 0 Å². The van der Waals surface area contributed by atoms with E-state index in [1.165, 1.54) is 25.7 Å². The first kappa shape index (κ1) is 15.0. The van der Waals surface area contributed by atoms with E-state index in [2.05, 4.69) is 23.3 Å². The van der Waals surface area contributed by atoms with Gasteiger partial charge in [-0.15, -0.1) is 0 Å². The van der Waals surface area contributed by atoms with Crippen molar-refractivity contribution < 1.29 is 4.79 Å². The van der Waals surface area contributed by atoms with Crippen LogP contribution in [0.1, 0.15) is 45.4 Å². The molecule has 0 heterocycles. The number of hydrogen-bond donors (Lipinski definition) is 1. The minimum atomic E-state index is -0.480. The van der Waals surface area contributed by atoms with Gasteiger partial charge < -0.3 is 10.2 Å². The zero-order valence-corrected chi connectivity index (χ0v) is 11.6. The third-order valence-electron chi connectivity index (χ3n) is 3.76. The molecule has 0 saturated heterocycles. The molecule has 4 heteroatoms.